The second-order valence-corrected chi connectivity index (χ2v) is 7.17. The molecular formula is C12H14BrNS2. The highest BCUT2D eigenvalue weighted by Crippen LogP contribution is 2.24. The van der Waals surface area contributed by atoms with Crippen LogP contribution in [0.1, 0.15) is 16.7 Å². The fraction of sp³-hybridized carbons (Fsp3) is 0.333. The Bertz CT molecular complexity index is 422. The second-order valence-electron chi connectivity index (χ2n) is 3.59. The molecule has 86 valence electrons. The predicted molar refractivity (Wildman–Crippen MR) is 76.1 cm³/mol. The highest BCUT2D eigenvalue weighted by atomic mass is 79.9. The Balaban J connectivity index is 1.95. The van der Waals surface area contributed by atoms with E-state index in [9.17, 15) is 0 Å². The summed E-state index contributed by atoms with van der Waals surface area (Å²) in [5.41, 5.74) is 0. The van der Waals surface area contributed by atoms with E-state index in [2.05, 4.69) is 57.4 Å². The van der Waals surface area contributed by atoms with E-state index >= 15 is 0 Å². The average molecular weight is 316 g/mol. The zero-order valence-electron chi connectivity index (χ0n) is 9.15. The first-order chi connectivity index (χ1) is 7.78. The largest absolute Gasteiger partial charge is 0.293 e. The number of thiophene rings is 2. The van der Waals surface area contributed by atoms with E-state index in [4.69, 9.17) is 0 Å². The van der Waals surface area contributed by atoms with E-state index in [1.54, 1.807) is 0 Å². The molecule has 0 aliphatic heterocycles. The van der Waals surface area contributed by atoms with Crippen molar-refractivity contribution in [3.8, 4) is 0 Å². The predicted octanol–water partition coefficient (Wildman–Crippen LogP) is 4.59. The van der Waals surface area contributed by atoms with E-state index in [1.165, 1.54) is 13.5 Å². The van der Waals surface area contributed by atoms with Crippen molar-refractivity contribution < 1.29 is 0 Å². The Morgan fingerprint density at radius 3 is 2.56 bits per heavy atom. The van der Waals surface area contributed by atoms with Gasteiger partial charge in [-0.1, -0.05) is 13.0 Å². The van der Waals surface area contributed by atoms with Crippen LogP contribution >= 0.6 is 38.6 Å². The lowest BCUT2D eigenvalue weighted by Gasteiger charge is -2.18. The van der Waals surface area contributed by atoms with E-state index in [1.807, 2.05) is 22.7 Å². The first-order valence-electron chi connectivity index (χ1n) is 5.27. The van der Waals surface area contributed by atoms with E-state index in [0.717, 1.165) is 19.6 Å². The molecule has 0 aromatic carbocycles. The summed E-state index contributed by atoms with van der Waals surface area (Å²) in [5.74, 6) is 0. The van der Waals surface area contributed by atoms with Crippen LogP contribution in [0.25, 0.3) is 0 Å². The van der Waals surface area contributed by atoms with Gasteiger partial charge in [-0.25, -0.2) is 0 Å². The Kier molecular flexibility index (Phi) is 4.58. The minimum Gasteiger partial charge on any atom is -0.293 e. The van der Waals surface area contributed by atoms with Gasteiger partial charge in [0, 0.05) is 22.8 Å². The summed E-state index contributed by atoms with van der Waals surface area (Å²) in [6.45, 7) is 5.41. The number of hydrogen-bond donors (Lipinski definition) is 0. The van der Waals surface area contributed by atoms with Crippen LogP contribution in [-0.2, 0) is 13.1 Å². The van der Waals surface area contributed by atoms with Crippen molar-refractivity contribution in [2.45, 2.75) is 20.0 Å². The molecule has 2 aromatic heterocycles. The van der Waals surface area contributed by atoms with Crippen LogP contribution in [0.4, 0.5) is 0 Å². The van der Waals surface area contributed by atoms with Crippen molar-refractivity contribution in [2.24, 2.45) is 0 Å². The number of nitrogens with zero attached hydrogens (tertiary/aromatic N) is 1. The standard InChI is InChI=1S/C12H14BrNS2/c1-2-14(8-10-4-3-7-15-10)9-11-5-6-12(13)16-11/h3-7H,2,8-9H2,1H3. The summed E-state index contributed by atoms with van der Waals surface area (Å²) in [4.78, 5) is 5.33. The molecule has 2 heterocycles. The van der Waals surface area contributed by atoms with Gasteiger partial charge in [-0.05, 0) is 46.1 Å². The smallest absolute Gasteiger partial charge is 0.0701 e. The molecule has 0 radical (unpaired) electrons. The van der Waals surface area contributed by atoms with Crippen LogP contribution < -0.4 is 0 Å². The maximum absolute atomic E-state index is 3.51. The molecule has 0 fully saturated rings. The van der Waals surface area contributed by atoms with E-state index < -0.39 is 0 Å². The Morgan fingerprint density at radius 2 is 2.00 bits per heavy atom. The molecule has 2 aromatic rings. The topological polar surface area (TPSA) is 3.24 Å². The third-order valence-electron chi connectivity index (χ3n) is 2.42. The molecule has 0 bridgehead atoms. The van der Waals surface area contributed by atoms with Crippen LogP contribution in [-0.4, -0.2) is 11.4 Å². The summed E-state index contributed by atoms with van der Waals surface area (Å²) in [5, 5.41) is 2.14. The Labute approximate surface area is 113 Å². The molecular weight excluding hydrogens is 302 g/mol. The molecule has 0 unspecified atom stereocenters. The van der Waals surface area contributed by atoms with Crippen LogP contribution in [0.3, 0.4) is 0 Å². The maximum Gasteiger partial charge on any atom is 0.0701 e. The second kappa shape index (κ2) is 5.96. The maximum atomic E-state index is 3.51. The normalized spacial score (nSPS) is 11.2. The molecule has 2 rings (SSSR count). The summed E-state index contributed by atoms with van der Waals surface area (Å²) < 4.78 is 1.22. The van der Waals surface area contributed by atoms with Crippen LogP contribution in [0.15, 0.2) is 33.4 Å². The molecule has 0 N–H and O–H groups in total. The third kappa shape index (κ3) is 3.42. The lowest BCUT2D eigenvalue weighted by Crippen LogP contribution is -2.21. The fourth-order valence-corrected chi connectivity index (χ4v) is 3.83. The van der Waals surface area contributed by atoms with Gasteiger partial charge in [0.15, 0.2) is 0 Å². The van der Waals surface area contributed by atoms with Crippen LogP contribution in [0.5, 0.6) is 0 Å². The minimum atomic E-state index is 1.05. The van der Waals surface area contributed by atoms with E-state index in [-0.39, 0.29) is 0 Å². The van der Waals surface area contributed by atoms with Crippen LogP contribution in [0, 0.1) is 0 Å². The average Bonchev–Trinajstić information content (AvgIpc) is 2.89. The molecule has 0 saturated carbocycles. The van der Waals surface area contributed by atoms with Crippen molar-refractivity contribution in [1.29, 1.82) is 0 Å². The Hall–Kier alpha value is -0.160. The van der Waals surface area contributed by atoms with Gasteiger partial charge >= 0.3 is 0 Å². The lowest BCUT2D eigenvalue weighted by molar-refractivity contribution is 0.276. The van der Waals surface area contributed by atoms with Crippen molar-refractivity contribution in [1.82, 2.24) is 4.90 Å². The van der Waals surface area contributed by atoms with Gasteiger partial charge in [0.05, 0.1) is 3.79 Å². The molecule has 0 aliphatic carbocycles. The highest BCUT2D eigenvalue weighted by Gasteiger charge is 2.07. The van der Waals surface area contributed by atoms with Gasteiger partial charge in [0.1, 0.15) is 0 Å². The van der Waals surface area contributed by atoms with Crippen molar-refractivity contribution >= 4 is 38.6 Å². The molecule has 0 spiro atoms. The lowest BCUT2D eigenvalue weighted by atomic mass is 10.3. The van der Waals surface area contributed by atoms with Gasteiger partial charge in [0.2, 0.25) is 0 Å². The van der Waals surface area contributed by atoms with Crippen molar-refractivity contribution in [3.63, 3.8) is 0 Å². The quantitative estimate of drug-likeness (QED) is 0.779. The van der Waals surface area contributed by atoms with E-state index in [0.29, 0.717) is 0 Å². The third-order valence-corrected chi connectivity index (χ3v) is 4.88. The molecule has 1 nitrogen and oxygen atoms in total. The molecule has 0 saturated heterocycles. The summed E-state index contributed by atoms with van der Waals surface area (Å²) in [6.07, 6.45) is 0. The number of rotatable bonds is 5. The molecule has 4 heteroatoms. The summed E-state index contributed by atoms with van der Waals surface area (Å²) >= 11 is 7.16. The molecule has 16 heavy (non-hydrogen) atoms. The van der Waals surface area contributed by atoms with Crippen LogP contribution in [0.2, 0.25) is 0 Å². The monoisotopic (exact) mass is 315 g/mol. The minimum absolute atomic E-state index is 1.05. The number of hydrogen-bond acceptors (Lipinski definition) is 3. The zero-order chi connectivity index (χ0) is 11.4. The van der Waals surface area contributed by atoms with Gasteiger partial charge in [-0.3, -0.25) is 4.90 Å². The van der Waals surface area contributed by atoms with Gasteiger partial charge in [0.25, 0.3) is 0 Å². The van der Waals surface area contributed by atoms with Gasteiger partial charge < -0.3 is 0 Å². The van der Waals surface area contributed by atoms with Crippen molar-refractivity contribution in [3.05, 3.63) is 43.2 Å². The fourth-order valence-electron chi connectivity index (χ4n) is 1.56. The van der Waals surface area contributed by atoms with Gasteiger partial charge in [-0.15, -0.1) is 22.7 Å². The first kappa shape index (κ1) is 12.3. The zero-order valence-corrected chi connectivity index (χ0v) is 12.4. The summed E-state index contributed by atoms with van der Waals surface area (Å²) in [6, 6.07) is 8.65. The van der Waals surface area contributed by atoms with Crippen molar-refractivity contribution in [2.75, 3.05) is 6.54 Å². The molecule has 0 amide bonds. The molecule has 0 atom stereocenters. The van der Waals surface area contributed by atoms with Gasteiger partial charge in [-0.2, -0.15) is 0 Å². The first-order valence-corrected chi connectivity index (χ1v) is 7.76. The molecule has 0 aliphatic rings. The SMILES string of the molecule is CCN(Cc1cccs1)Cc1ccc(Br)s1. The highest BCUT2D eigenvalue weighted by molar-refractivity contribution is 9.11. The summed E-state index contributed by atoms with van der Waals surface area (Å²) in [7, 11) is 0. The number of halogens is 1. The Morgan fingerprint density at radius 1 is 1.19 bits per heavy atom.